The zero-order valence-electron chi connectivity index (χ0n) is 10.6. The van der Waals surface area contributed by atoms with Gasteiger partial charge in [-0.05, 0) is 18.6 Å². The molecule has 0 bridgehead atoms. The van der Waals surface area contributed by atoms with Crippen molar-refractivity contribution >= 4 is 5.91 Å². The van der Waals surface area contributed by atoms with Crippen LogP contribution in [0.1, 0.15) is 26.2 Å². The summed E-state index contributed by atoms with van der Waals surface area (Å²) in [6.07, 6.45) is 1.41. The first-order valence-electron chi connectivity index (χ1n) is 6.10. The lowest BCUT2D eigenvalue weighted by molar-refractivity contribution is -0.122. The van der Waals surface area contributed by atoms with Crippen molar-refractivity contribution in [3.05, 3.63) is 30.3 Å². The first kappa shape index (κ1) is 14.0. The highest BCUT2D eigenvalue weighted by Crippen LogP contribution is 2.08. The Hall–Kier alpha value is -2.02. The van der Waals surface area contributed by atoms with Crippen molar-refractivity contribution in [2.75, 3.05) is 6.61 Å². The van der Waals surface area contributed by atoms with Crippen molar-refractivity contribution in [3.8, 4) is 11.8 Å². The molecule has 0 heterocycles. The van der Waals surface area contributed by atoms with E-state index in [9.17, 15) is 4.79 Å². The molecule has 0 spiro atoms. The lowest BCUT2D eigenvalue weighted by atomic mass is 10.1. The van der Waals surface area contributed by atoms with Crippen LogP contribution >= 0.6 is 0 Å². The third-order valence-electron chi connectivity index (χ3n) is 2.54. The van der Waals surface area contributed by atoms with Crippen molar-refractivity contribution in [3.63, 3.8) is 0 Å². The molecule has 0 aliphatic carbocycles. The van der Waals surface area contributed by atoms with Crippen LogP contribution in [0.25, 0.3) is 0 Å². The highest BCUT2D eigenvalue weighted by molar-refractivity contribution is 5.76. The van der Waals surface area contributed by atoms with Crippen LogP contribution in [0, 0.1) is 11.3 Å². The van der Waals surface area contributed by atoms with Gasteiger partial charge in [-0.15, -0.1) is 0 Å². The Kier molecular flexibility index (Phi) is 6.34. The molecule has 1 amide bonds. The van der Waals surface area contributed by atoms with Crippen molar-refractivity contribution in [2.24, 2.45) is 0 Å². The number of nitrogens with one attached hydrogen (secondary N) is 1. The molecule has 4 heteroatoms. The largest absolute Gasteiger partial charge is 0.493 e. The zero-order chi connectivity index (χ0) is 13.2. The van der Waals surface area contributed by atoms with Gasteiger partial charge in [0.1, 0.15) is 5.75 Å². The average Bonchev–Trinajstić information content (AvgIpc) is 2.39. The zero-order valence-corrected chi connectivity index (χ0v) is 10.6. The summed E-state index contributed by atoms with van der Waals surface area (Å²) in [6, 6.07) is 11.4. The van der Waals surface area contributed by atoms with Gasteiger partial charge in [-0.25, -0.2) is 0 Å². The third-order valence-corrected chi connectivity index (χ3v) is 2.54. The van der Waals surface area contributed by atoms with Crippen LogP contribution in [0.2, 0.25) is 0 Å². The van der Waals surface area contributed by atoms with E-state index in [0.29, 0.717) is 19.4 Å². The molecule has 96 valence electrons. The Labute approximate surface area is 108 Å². The molecule has 1 atom stereocenters. The molecule has 0 fully saturated rings. The van der Waals surface area contributed by atoms with Crippen LogP contribution in [0.5, 0.6) is 5.75 Å². The number of carbonyl (C=O) groups excluding carboxylic acids is 1. The minimum atomic E-state index is -0.0759. The van der Waals surface area contributed by atoms with E-state index >= 15 is 0 Å². The fraction of sp³-hybridized carbons (Fsp3) is 0.429. The maximum atomic E-state index is 11.6. The van der Waals surface area contributed by atoms with E-state index in [1.165, 1.54) is 0 Å². The average molecular weight is 246 g/mol. The number of hydrogen-bond donors (Lipinski definition) is 1. The molecule has 0 saturated carbocycles. The highest BCUT2D eigenvalue weighted by atomic mass is 16.5. The third kappa shape index (κ3) is 5.35. The number of nitriles is 1. The van der Waals surface area contributed by atoms with E-state index in [1.54, 1.807) is 0 Å². The van der Waals surface area contributed by atoms with Crippen LogP contribution in [0.15, 0.2) is 30.3 Å². The first-order chi connectivity index (χ1) is 8.76. The van der Waals surface area contributed by atoms with E-state index in [1.807, 2.05) is 37.3 Å². The van der Waals surface area contributed by atoms with Gasteiger partial charge in [0.15, 0.2) is 0 Å². The van der Waals surface area contributed by atoms with Crippen LogP contribution in [0.4, 0.5) is 0 Å². The predicted octanol–water partition coefficient (Wildman–Crippen LogP) is 2.26. The van der Waals surface area contributed by atoms with Gasteiger partial charge < -0.3 is 10.1 Å². The summed E-state index contributed by atoms with van der Waals surface area (Å²) in [6.45, 7) is 2.29. The van der Waals surface area contributed by atoms with E-state index in [4.69, 9.17) is 10.00 Å². The Balaban J connectivity index is 2.23. The molecule has 1 rings (SSSR count). The van der Waals surface area contributed by atoms with Crippen LogP contribution in [0.3, 0.4) is 0 Å². The molecule has 1 unspecified atom stereocenters. The van der Waals surface area contributed by atoms with Gasteiger partial charge in [-0.2, -0.15) is 5.26 Å². The first-order valence-corrected chi connectivity index (χ1v) is 6.10. The number of para-hydroxylation sites is 1. The van der Waals surface area contributed by atoms with E-state index in [-0.39, 0.29) is 11.9 Å². The van der Waals surface area contributed by atoms with Gasteiger partial charge in [0, 0.05) is 6.04 Å². The lowest BCUT2D eigenvalue weighted by Gasteiger charge is -2.13. The van der Waals surface area contributed by atoms with Crippen molar-refractivity contribution in [1.82, 2.24) is 5.32 Å². The predicted molar refractivity (Wildman–Crippen MR) is 69.0 cm³/mol. The van der Waals surface area contributed by atoms with Crippen LogP contribution in [-0.4, -0.2) is 18.6 Å². The second-order valence-electron chi connectivity index (χ2n) is 3.95. The number of nitrogens with zero attached hydrogens (tertiary/aromatic N) is 1. The van der Waals surface area contributed by atoms with Gasteiger partial charge in [0.25, 0.3) is 0 Å². The monoisotopic (exact) mass is 246 g/mol. The summed E-state index contributed by atoms with van der Waals surface area (Å²) in [5, 5.41) is 11.4. The molecule has 0 radical (unpaired) electrons. The van der Waals surface area contributed by atoms with Gasteiger partial charge in [0.2, 0.25) is 5.91 Å². The van der Waals surface area contributed by atoms with Crippen LogP contribution < -0.4 is 10.1 Å². The summed E-state index contributed by atoms with van der Waals surface area (Å²) < 4.78 is 5.43. The smallest absolute Gasteiger partial charge is 0.223 e. The van der Waals surface area contributed by atoms with E-state index in [0.717, 1.165) is 12.2 Å². The number of benzene rings is 1. The maximum absolute atomic E-state index is 11.6. The Morgan fingerprint density at radius 1 is 1.44 bits per heavy atom. The van der Waals surface area contributed by atoms with E-state index in [2.05, 4.69) is 11.4 Å². The Morgan fingerprint density at radius 2 is 2.17 bits per heavy atom. The number of carbonyl (C=O) groups is 1. The number of ether oxygens (including phenoxy) is 1. The van der Waals surface area contributed by atoms with Gasteiger partial charge in [0.05, 0.1) is 25.5 Å². The topological polar surface area (TPSA) is 62.1 Å². The second kappa shape index (κ2) is 8.13. The van der Waals surface area contributed by atoms with E-state index < -0.39 is 0 Å². The maximum Gasteiger partial charge on any atom is 0.223 e. The fourth-order valence-electron chi connectivity index (χ4n) is 1.49. The molecule has 4 nitrogen and oxygen atoms in total. The molecular formula is C14H18N2O2. The molecule has 18 heavy (non-hydrogen) atoms. The standard InChI is InChI=1S/C14H18N2O2/c1-2-12(8-10-15)16-14(17)9-11-18-13-6-4-3-5-7-13/h3-7,12H,2,8-9,11H2,1H3,(H,16,17). The van der Waals surface area contributed by atoms with Crippen molar-refractivity contribution < 1.29 is 9.53 Å². The normalized spacial score (nSPS) is 11.3. The van der Waals surface area contributed by atoms with Gasteiger partial charge in [-0.3, -0.25) is 4.79 Å². The Bertz CT molecular complexity index is 398. The molecule has 0 aliphatic heterocycles. The Morgan fingerprint density at radius 3 is 2.78 bits per heavy atom. The number of rotatable bonds is 7. The SMILES string of the molecule is CCC(CC#N)NC(=O)CCOc1ccccc1. The summed E-state index contributed by atoms with van der Waals surface area (Å²) in [5.41, 5.74) is 0. The summed E-state index contributed by atoms with van der Waals surface area (Å²) in [5.74, 6) is 0.683. The molecular weight excluding hydrogens is 228 g/mol. The summed E-state index contributed by atoms with van der Waals surface area (Å²) in [4.78, 5) is 11.6. The molecule has 1 N–H and O–H groups in total. The summed E-state index contributed by atoms with van der Waals surface area (Å²) in [7, 11) is 0. The van der Waals surface area contributed by atoms with Crippen LogP contribution in [-0.2, 0) is 4.79 Å². The fourth-order valence-corrected chi connectivity index (χ4v) is 1.49. The second-order valence-corrected chi connectivity index (χ2v) is 3.95. The van der Waals surface area contributed by atoms with Crippen molar-refractivity contribution in [1.29, 1.82) is 5.26 Å². The van der Waals surface area contributed by atoms with Gasteiger partial charge in [-0.1, -0.05) is 25.1 Å². The summed E-state index contributed by atoms with van der Waals surface area (Å²) >= 11 is 0. The molecule has 0 aliphatic rings. The number of hydrogen-bond acceptors (Lipinski definition) is 3. The molecule has 1 aromatic rings. The molecule has 1 aromatic carbocycles. The van der Waals surface area contributed by atoms with Gasteiger partial charge >= 0.3 is 0 Å². The quantitative estimate of drug-likeness (QED) is 0.802. The minimum absolute atomic E-state index is 0.0563. The molecule has 0 saturated heterocycles. The number of amides is 1. The lowest BCUT2D eigenvalue weighted by Crippen LogP contribution is -2.34. The van der Waals surface area contributed by atoms with Crippen molar-refractivity contribution in [2.45, 2.75) is 32.2 Å². The molecule has 0 aromatic heterocycles. The minimum Gasteiger partial charge on any atom is -0.493 e. The highest BCUT2D eigenvalue weighted by Gasteiger charge is 2.09.